The van der Waals surface area contributed by atoms with E-state index < -0.39 is 0 Å². The summed E-state index contributed by atoms with van der Waals surface area (Å²) >= 11 is 4.61. The number of rotatable bonds is 6. The van der Waals surface area contributed by atoms with Crippen molar-refractivity contribution >= 4 is 39.3 Å². The van der Waals surface area contributed by atoms with E-state index in [4.69, 9.17) is 4.42 Å². The van der Waals surface area contributed by atoms with Gasteiger partial charge in [0.25, 0.3) is 5.22 Å². The number of hydrogen-bond donors (Lipinski definition) is 0. The zero-order chi connectivity index (χ0) is 18.5. The van der Waals surface area contributed by atoms with Crippen LogP contribution in [0.3, 0.4) is 0 Å². The largest absolute Gasteiger partial charge is 0.411 e. The number of aromatic nitrogens is 2. The minimum absolute atomic E-state index is 0.121. The van der Waals surface area contributed by atoms with E-state index in [1.807, 2.05) is 31.2 Å². The van der Waals surface area contributed by atoms with Crippen LogP contribution >= 0.6 is 27.7 Å². The Labute approximate surface area is 162 Å². The quantitative estimate of drug-likeness (QED) is 0.521. The van der Waals surface area contributed by atoms with E-state index in [1.165, 1.54) is 23.9 Å². The molecule has 2 aromatic carbocycles. The van der Waals surface area contributed by atoms with Crippen molar-refractivity contribution in [3.8, 4) is 11.5 Å². The van der Waals surface area contributed by atoms with Gasteiger partial charge in [-0.05, 0) is 59.3 Å². The lowest BCUT2D eigenvalue weighted by atomic mass is 10.2. The number of amides is 1. The monoisotopic (exact) mass is 435 g/mol. The first-order valence-corrected chi connectivity index (χ1v) is 9.63. The minimum atomic E-state index is -0.336. The number of thioether (sulfide) groups is 1. The fraction of sp³-hybridized carbons (Fsp3) is 0.167. The Morgan fingerprint density at radius 1 is 1.19 bits per heavy atom. The Balaban J connectivity index is 1.66. The zero-order valence-corrected chi connectivity index (χ0v) is 16.3. The van der Waals surface area contributed by atoms with E-state index in [1.54, 1.807) is 17.0 Å². The number of benzene rings is 2. The van der Waals surface area contributed by atoms with E-state index in [0.29, 0.717) is 23.3 Å². The summed E-state index contributed by atoms with van der Waals surface area (Å²) < 4.78 is 19.5. The second-order valence-electron chi connectivity index (χ2n) is 5.26. The molecule has 0 N–H and O–H groups in total. The molecule has 26 heavy (non-hydrogen) atoms. The molecule has 134 valence electrons. The maximum absolute atomic E-state index is 13.1. The van der Waals surface area contributed by atoms with Crippen molar-refractivity contribution in [2.75, 3.05) is 17.2 Å². The molecule has 1 heterocycles. The van der Waals surface area contributed by atoms with Crippen LogP contribution in [0.1, 0.15) is 6.92 Å². The molecule has 0 spiro atoms. The van der Waals surface area contributed by atoms with Gasteiger partial charge in [-0.1, -0.05) is 23.9 Å². The SMILES string of the molecule is CCN(C(=O)CSc1nnc(-c2ccccc2Br)o1)c1ccc(F)cc1. The summed E-state index contributed by atoms with van der Waals surface area (Å²) in [6.45, 7) is 2.35. The number of carbonyl (C=O) groups excluding carboxylic acids is 1. The van der Waals surface area contributed by atoms with Crippen molar-refractivity contribution in [3.05, 3.63) is 58.8 Å². The van der Waals surface area contributed by atoms with Gasteiger partial charge in [0.1, 0.15) is 5.82 Å². The van der Waals surface area contributed by atoms with Crippen LogP contribution < -0.4 is 4.90 Å². The number of hydrogen-bond acceptors (Lipinski definition) is 5. The molecule has 1 aromatic heterocycles. The fourth-order valence-corrected chi connectivity index (χ4v) is 3.43. The van der Waals surface area contributed by atoms with Crippen molar-refractivity contribution < 1.29 is 13.6 Å². The molecule has 0 saturated heterocycles. The van der Waals surface area contributed by atoms with Crippen molar-refractivity contribution in [3.63, 3.8) is 0 Å². The Morgan fingerprint density at radius 2 is 1.92 bits per heavy atom. The van der Waals surface area contributed by atoms with Gasteiger partial charge in [0.05, 0.1) is 11.3 Å². The van der Waals surface area contributed by atoms with Gasteiger partial charge in [0, 0.05) is 16.7 Å². The van der Waals surface area contributed by atoms with E-state index in [2.05, 4.69) is 26.1 Å². The molecule has 0 aliphatic heterocycles. The van der Waals surface area contributed by atoms with Gasteiger partial charge in [-0.15, -0.1) is 10.2 Å². The molecule has 0 fully saturated rings. The zero-order valence-electron chi connectivity index (χ0n) is 13.9. The highest BCUT2D eigenvalue weighted by atomic mass is 79.9. The van der Waals surface area contributed by atoms with Crippen molar-refractivity contribution in [1.82, 2.24) is 10.2 Å². The fourth-order valence-electron chi connectivity index (χ4n) is 2.34. The van der Waals surface area contributed by atoms with Gasteiger partial charge in [0.15, 0.2) is 0 Å². The summed E-state index contributed by atoms with van der Waals surface area (Å²) in [5.74, 6) is 0.0724. The highest BCUT2D eigenvalue weighted by molar-refractivity contribution is 9.10. The van der Waals surface area contributed by atoms with Gasteiger partial charge in [0.2, 0.25) is 11.8 Å². The summed E-state index contributed by atoms with van der Waals surface area (Å²) in [5, 5.41) is 8.32. The molecule has 0 aliphatic carbocycles. The summed E-state index contributed by atoms with van der Waals surface area (Å²) in [6, 6.07) is 13.4. The highest BCUT2D eigenvalue weighted by Gasteiger charge is 2.17. The average molecular weight is 436 g/mol. The normalized spacial score (nSPS) is 10.7. The van der Waals surface area contributed by atoms with Gasteiger partial charge in [-0.3, -0.25) is 4.79 Å². The van der Waals surface area contributed by atoms with Crippen LogP contribution in [0.4, 0.5) is 10.1 Å². The van der Waals surface area contributed by atoms with Crippen molar-refractivity contribution in [2.24, 2.45) is 0 Å². The summed E-state index contributed by atoms with van der Waals surface area (Å²) in [7, 11) is 0. The smallest absolute Gasteiger partial charge is 0.277 e. The highest BCUT2D eigenvalue weighted by Crippen LogP contribution is 2.29. The predicted octanol–water partition coefficient (Wildman–Crippen LogP) is 4.78. The Kier molecular flexibility index (Phi) is 6.05. The molecule has 1 amide bonds. The third kappa shape index (κ3) is 4.31. The maximum atomic E-state index is 13.1. The molecule has 0 aliphatic rings. The van der Waals surface area contributed by atoms with Gasteiger partial charge < -0.3 is 9.32 Å². The number of nitrogens with zero attached hydrogens (tertiary/aromatic N) is 3. The van der Waals surface area contributed by atoms with Crippen LogP contribution in [0.5, 0.6) is 0 Å². The molecule has 0 bridgehead atoms. The first-order chi connectivity index (χ1) is 12.6. The van der Waals surface area contributed by atoms with Crippen LogP contribution in [0.25, 0.3) is 11.5 Å². The molecule has 0 saturated carbocycles. The molecule has 3 aromatic rings. The number of halogens is 2. The van der Waals surface area contributed by atoms with Crippen LogP contribution in [0.15, 0.2) is 62.6 Å². The Morgan fingerprint density at radius 3 is 2.62 bits per heavy atom. The predicted molar refractivity (Wildman–Crippen MR) is 103 cm³/mol. The third-order valence-electron chi connectivity index (χ3n) is 3.59. The van der Waals surface area contributed by atoms with Crippen LogP contribution in [0.2, 0.25) is 0 Å². The van der Waals surface area contributed by atoms with Gasteiger partial charge >= 0.3 is 0 Å². The van der Waals surface area contributed by atoms with Crippen LogP contribution in [-0.2, 0) is 4.79 Å². The topological polar surface area (TPSA) is 59.2 Å². The molecule has 3 rings (SSSR count). The van der Waals surface area contributed by atoms with Crippen molar-refractivity contribution in [2.45, 2.75) is 12.1 Å². The van der Waals surface area contributed by atoms with Gasteiger partial charge in [-0.25, -0.2) is 4.39 Å². The van der Waals surface area contributed by atoms with E-state index in [0.717, 1.165) is 10.0 Å². The first kappa shape index (κ1) is 18.6. The molecule has 8 heteroatoms. The molecule has 0 radical (unpaired) electrons. The van der Waals surface area contributed by atoms with Crippen molar-refractivity contribution in [1.29, 1.82) is 0 Å². The standard InChI is InChI=1S/C18H15BrFN3O2S/c1-2-23(13-9-7-12(20)8-10-13)16(24)11-26-18-22-21-17(25-18)14-5-3-4-6-15(14)19/h3-10H,2,11H2,1H3. The lowest BCUT2D eigenvalue weighted by Crippen LogP contribution is -2.32. The number of carbonyl (C=O) groups is 1. The molecule has 0 atom stereocenters. The summed E-state index contributed by atoms with van der Waals surface area (Å²) in [4.78, 5) is 14.1. The maximum Gasteiger partial charge on any atom is 0.277 e. The molecule has 5 nitrogen and oxygen atoms in total. The molecule has 0 unspecified atom stereocenters. The lowest BCUT2D eigenvalue weighted by molar-refractivity contribution is -0.116. The minimum Gasteiger partial charge on any atom is -0.411 e. The van der Waals surface area contributed by atoms with Crippen LogP contribution in [-0.4, -0.2) is 28.4 Å². The van der Waals surface area contributed by atoms with E-state index in [9.17, 15) is 9.18 Å². The Hall–Kier alpha value is -2.19. The second-order valence-corrected chi connectivity index (χ2v) is 7.04. The molecular formula is C18H15BrFN3O2S. The lowest BCUT2D eigenvalue weighted by Gasteiger charge is -2.20. The van der Waals surface area contributed by atoms with Gasteiger partial charge in [-0.2, -0.15) is 0 Å². The Bertz CT molecular complexity index is 901. The summed E-state index contributed by atoms with van der Waals surface area (Å²) in [5.41, 5.74) is 1.44. The van der Waals surface area contributed by atoms with Crippen LogP contribution in [0, 0.1) is 5.82 Å². The summed E-state index contributed by atoms with van der Waals surface area (Å²) in [6.07, 6.45) is 0. The van der Waals surface area contributed by atoms with E-state index >= 15 is 0 Å². The second kappa shape index (κ2) is 8.46. The molecular weight excluding hydrogens is 421 g/mol. The average Bonchev–Trinajstić information content (AvgIpc) is 3.11. The number of anilines is 1. The third-order valence-corrected chi connectivity index (χ3v) is 5.08. The first-order valence-electron chi connectivity index (χ1n) is 7.85. The van der Waals surface area contributed by atoms with E-state index in [-0.39, 0.29) is 17.5 Å².